The van der Waals surface area contributed by atoms with E-state index in [4.69, 9.17) is 39.0 Å². The molecule has 0 unspecified atom stereocenters. The van der Waals surface area contributed by atoms with E-state index in [2.05, 4.69) is 0 Å². The third-order valence-corrected chi connectivity index (χ3v) is 3.35. The van der Waals surface area contributed by atoms with Gasteiger partial charge in [0, 0.05) is 16.7 Å². The first-order chi connectivity index (χ1) is 5.82. The second-order valence-electron chi connectivity index (χ2n) is 2.17. The maximum Gasteiger partial charge on any atom is 0.262 e. The van der Waals surface area contributed by atoms with Crippen LogP contribution in [-0.4, -0.2) is 13.5 Å². The zero-order valence-electron chi connectivity index (χ0n) is 5.96. The lowest BCUT2D eigenvalue weighted by molar-refractivity contribution is 0.475. The van der Waals surface area contributed by atoms with Gasteiger partial charge in [-0.05, 0) is 6.07 Å². The van der Waals surface area contributed by atoms with Crippen LogP contribution >= 0.6 is 33.9 Å². The number of phenols is 1. The molecule has 7 heteroatoms. The van der Waals surface area contributed by atoms with E-state index in [9.17, 15) is 8.42 Å². The molecule has 3 nitrogen and oxygen atoms in total. The highest BCUT2D eigenvalue weighted by molar-refractivity contribution is 8.13. The Morgan fingerprint density at radius 2 is 1.69 bits per heavy atom. The molecule has 72 valence electrons. The molecule has 0 amide bonds. The van der Waals surface area contributed by atoms with E-state index in [1.54, 1.807) is 0 Å². The van der Waals surface area contributed by atoms with Gasteiger partial charge in [-0.3, -0.25) is 0 Å². The predicted molar refractivity (Wildman–Crippen MR) is 51.2 cm³/mol. The van der Waals surface area contributed by atoms with E-state index >= 15 is 0 Å². The lowest BCUT2D eigenvalue weighted by Crippen LogP contribution is -1.91. The van der Waals surface area contributed by atoms with Crippen LogP contribution in [0, 0.1) is 0 Å². The number of benzene rings is 1. The summed E-state index contributed by atoms with van der Waals surface area (Å²) in [5, 5.41) is 8.74. The van der Waals surface area contributed by atoms with Crippen molar-refractivity contribution in [2.24, 2.45) is 0 Å². The van der Waals surface area contributed by atoms with Crippen molar-refractivity contribution < 1.29 is 13.5 Å². The Balaban J connectivity index is 3.50. The van der Waals surface area contributed by atoms with Gasteiger partial charge in [0.2, 0.25) is 0 Å². The summed E-state index contributed by atoms with van der Waals surface area (Å²) in [7, 11) is 1.11. The van der Waals surface area contributed by atoms with E-state index in [-0.39, 0.29) is 20.7 Å². The van der Waals surface area contributed by atoms with E-state index < -0.39 is 9.05 Å². The highest BCUT2D eigenvalue weighted by atomic mass is 35.7. The molecule has 1 aromatic carbocycles. The van der Waals surface area contributed by atoms with Gasteiger partial charge in [0.25, 0.3) is 9.05 Å². The Kier molecular flexibility index (Phi) is 2.97. The molecular weight excluding hydrogens is 258 g/mol. The van der Waals surface area contributed by atoms with Crippen LogP contribution in [0.5, 0.6) is 5.75 Å². The summed E-state index contributed by atoms with van der Waals surface area (Å²) in [6, 6.07) is 2.00. The van der Waals surface area contributed by atoms with Crippen molar-refractivity contribution in [3.05, 3.63) is 22.2 Å². The van der Waals surface area contributed by atoms with Crippen LogP contribution in [0.15, 0.2) is 17.0 Å². The molecule has 13 heavy (non-hydrogen) atoms. The SMILES string of the molecule is O=S(=O)(Cl)c1cc(Cl)c(O)cc1Cl. The molecule has 1 N–H and O–H groups in total. The van der Waals surface area contributed by atoms with Gasteiger partial charge in [0.05, 0.1) is 10.0 Å². The van der Waals surface area contributed by atoms with Crippen LogP contribution in [0.4, 0.5) is 0 Å². The quantitative estimate of drug-likeness (QED) is 0.791. The number of phenolic OH excluding ortho intramolecular Hbond substituents is 1. The van der Waals surface area contributed by atoms with Crippen molar-refractivity contribution in [3.8, 4) is 5.75 Å². The molecule has 1 aromatic rings. The summed E-state index contributed by atoms with van der Waals surface area (Å²) >= 11 is 11.0. The summed E-state index contributed by atoms with van der Waals surface area (Å²) in [6.07, 6.45) is 0. The molecule has 0 radical (unpaired) electrons. The minimum absolute atomic E-state index is 0.122. The highest BCUT2D eigenvalue weighted by Gasteiger charge is 2.17. The van der Waals surface area contributed by atoms with Crippen molar-refractivity contribution in [1.82, 2.24) is 0 Å². The number of aromatic hydroxyl groups is 1. The van der Waals surface area contributed by atoms with Crippen molar-refractivity contribution in [1.29, 1.82) is 0 Å². The van der Waals surface area contributed by atoms with Gasteiger partial charge in [-0.2, -0.15) is 0 Å². The van der Waals surface area contributed by atoms with Crippen LogP contribution in [0.3, 0.4) is 0 Å². The standard InChI is InChI=1S/C6H3Cl3O3S/c7-3-2-6(13(9,11)12)4(8)1-5(3)10/h1-2,10H. The Bertz CT molecular complexity index is 441. The third-order valence-electron chi connectivity index (χ3n) is 1.26. The molecule has 0 spiro atoms. The van der Waals surface area contributed by atoms with Crippen molar-refractivity contribution >= 4 is 42.9 Å². The first kappa shape index (κ1) is 10.9. The maximum atomic E-state index is 10.9. The fraction of sp³-hybridized carbons (Fsp3) is 0. The summed E-state index contributed by atoms with van der Waals surface area (Å²) in [5.41, 5.74) is 0. The number of hydrogen-bond donors (Lipinski definition) is 1. The number of halogens is 3. The molecule has 0 heterocycles. The maximum absolute atomic E-state index is 10.9. The summed E-state index contributed by atoms with van der Waals surface area (Å²) in [5.74, 6) is -0.296. The van der Waals surface area contributed by atoms with E-state index in [0.717, 1.165) is 12.1 Å². The molecule has 0 saturated heterocycles. The molecule has 1 rings (SSSR count). The second-order valence-corrected chi connectivity index (χ2v) is 5.52. The monoisotopic (exact) mass is 260 g/mol. The summed E-state index contributed by atoms with van der Waals surface area (Å²) < 4.78 is 21.7. The third kappa shape index (κ3) is 2.40. The molecule has 0 saturated carbocycles. The average molecular weight is 262 g/mol. The van der Waals surface area contributed by atoms with E-state index in [1.165, 1.54) is 0 Å². The molecule has 0 aliphatic carbocycles. The lowest BCUT2D eigenvalue weighted by atomic mass is 10.3. The molecule has 0 aliphatic rings. The van der Waals surface area contributed by atoms with Crippen LogP contribution in [0.25, 0.3) is 0 Å². The normalized spacial score (nSPS) is 11.6. The predicted octanol–water partition coefficient (Wildman–Crippen LogP) is 2.63. The Morgan fingerprint density at radius 1 is 1.15 bits per heavy atom. The average Bonchev–Trinajstić information content (AvgIpc) is 1.94. The van der Waals surface area contributed by atoms with Crippen molar-refractivity contribution in [2.45, 2.75) is 4.90 Å². The zero-order valence-corrected chi connectivity index (χ0v) is 9.04. The van der Waals surface area contributed by atoms with Crippen LogP contribution in [0.2, 0.25) is 10.0 Å². The minimum Gasteiger partial charge on any atom is -0.506 e. The molecule has 0 aromatic heterocycles. The van der Waals surface area contributed by atoms with Crippen LogP contribution in [0.1, 0.15) is 0 Å². The van der Waals surface area contributed by atoms with Crippen molar-refractivity contribution in [3.63, 3.8) is 0 Å². The molecule has 0 atom stereocenters. The topological polar surface area (TPSA) is 54.4 Å². The van der Waals surface area contributed by atoms with Gasteiger partial charge in [-0.1, -0.05) is 23.2 Å². The Hall–Kier alpha value is -0.160. The van der Waals surface area contributed by atoms with E-state index in [0.29, 0.717) is 0 Å². The van der Waals surface area contributed by atoms with Crippen LogP contribution in [-0.2, 0) is 9.05 Å². The Labute approximate surface area is 89.3 Å². The number of rotatable bonds is 1. The molecule has 0 fully saturated rings. The second kappa shape index (κ2) is 3.53. The van der Waals surface area contributed by atoms with Gasteiger partial charge in [0.1, 0.15) is 10.6 Å². The lowest BCUT2D eigenvalue weighted by Gasteiger charge is -2.02. The van der Waals surface area contributed by atoms with Gasteiger partial charge < -0.3 is 5.11 Å². The minimum atomic E-state index is -3.93. The fourth-order valence-corrected chi connectivity index (χ4v) is 2.45. The largest absolute Gasteiger partial charge is 0.506 e. The first-order valence-corrected chi connectivity index (χ1v) is 6.01. The fourth-order valence-electron chi connectivity index (χ4n) is 0.705. The van der Waals surface area contributed by atoms with Crippen molar-refractivity contribution in [2.75, 3.05) is 0 Å². The van der Waals surface area contributed by atoms with Gasteiger partial charge in [0.15, 0.2) is 0 Å². The zero-order chi connectivity index (χ0) is 10.2. The van der Waals surface area contributed by atoms with Gasteiger partial charge in [-0.15, -0.1) is 0 Å². The van der Waals surface area contributed by atoms with Crippen LogP contribution < -0.4 is 0 Å². The summed E-state index contributed by atoms with van der Waals surface area (Å²) in [4.78, 5) is -0.321. The first-order valence-electron chi connectivity index (χ1n) is 2.95. The Morgan fingerprint density at radius 3 is 2.15 bits per heavy atom. The summed E-state index contributed by atoms with van der Waals surface area (Å²) in [6.45, 7) is 0. The van der Waals surface area contributed by atoms with E-state index in [1.807, 2.05) is 0 Å². The molecule has 0 bridgehead atoms. The number of hydrogen-bond acceptors (Lipinski definition) is 3. The van der Waals surface area contributed by atoms with Gasteiger partial charge in [-0.25, -0.2) is 8.42 Å². The smallest absolute Gasteiger partial charge is 0.262 e. The molecular formula is C6H3Cl3O3S. The highest BCUT2D eigenvalue weighted by Crippen LogP contribution is 2.33. The molecule has 0 aliphatic heterocycles. The van der Waals surface area contributed by atoms with Gasteiger partial charge >= 0.3 is 0 Å².